The van der Waals surface area contributed by atoms with Gasteiger partial charge in [-0.1, -0.05) is 42.5 Å². The number of nitrogens with one attached hydrogen (secondary N) is 2. The Morgan fingerprint density at radius 1 is 1.09 bits per heavy atom. The molecule has 1 saturated heterocycles. The Hall–Kier alpha value is -4.27. The molecule has 9 nitrogen and oxygen atoms in total. The SMILES string of the molecule is Cc1ccc(NC(=O)CN2C(=O)NC(C)(c3ccc4ccccc4c3)C2=O)c([N+](=O)[O-])c1. The lowest BCUT2D eigenvalue weighted by Gasteiger charge is -2.22. The summed E-state index contributed by atoms with van der Waals surface area (Å²) in [7, 11) is 0. The first-order valence-electron chi connectivity index (χ1n) is 9.87. The summed E-state index contributed by atoms with van der Waals surface area (Å²) in [6.45, 7) is 2.71. The highest BCUT2D eigenvalue weighted by atomic mass is 16.6. The number of urea groups is 1. The molecule has 0 spiro atoms. The normalized spacial score (nSPS) is 18.0. The second kappa shape index (κ2) is 7.77. The van der Waals surface area contributed by atoms with Crippen LogP contribution in [0.4, 0.5) is 16.2 Å². The summed E-state index contributed by atoms with van der Waals surface area (Å²) in [6.07, 6.45) is 0. The summed E-state index contributed by atoms with van der Waals surface area (Å²) in [5.41, 5.74) is -0.356. The molecule has 162 valence electrons. The molecule has 1 fully saturated rings. The molecule has 1 unspecified atom stereocenters. The zero-order valence-corrected chi connectivity index (χ0v) is 17.4. The molecule has 1 aliphatic rings. The topological polar surface area (TPSA) is 122 Å². The number of hydrogen-bond acceptors (Lipinski definition) is 5. The smallest absolute Gasteiger partial charge is 0.319 e. The van der Waals surface area contributed by atoms with E-state index in [0.717, 1.165) is 15.7 Å². The summed E-state index contributed by atoms with van der Waals surface area (Å²) in [5.74, 6) is -1.30. The third-order valence-corrected chi connectivity index (χ3v) is 5.53. The van der Waals surface area contributed by atoms with E-state index in [-0.39, 0.29) is 11.4 Å². The van der Waals surface area contributed by atoms with Gasteiger partial charge in [0.2, 0.25) is 5.91 Å². The van der Waals surface area contributed by atoms with Gasteiger partial charge in [-0.2, -0.15) is 0 Å². The number of hydrogen-bond donors (Lipinski definition) is 2. The number of nitro groups is 1. The number of aryl methyl sites for hydroxylation is 1. The quantitative estimate of drug-likeness (QED) is 0.363. The molecule has 9 heteroatoms. The molecule has 0 aliphatic carbocycles. The molecule has 1 atom stereocenters. The Kier molecular flexibility index (Phi) is 5.09. The molecule has 3 aromatic carbocycles. The maximum atomic E-state index is 13.1. The van der Waals surface area contributed by atoms with Gasteiger partial charge >= 0.3 is 6.03 Å². The number of anilines is 1. The maximum absolute atomic E-state index is 13.1. The molecule has 0 radical (unpaired) electrons. The zero-order valence-electron chi connectivity index (χ0n) is 17.4. The van der Waals surface area contributed by atoms with E-state index in [0.29, 0.717) is 11.1 Å². The highest BCUT2D eigenvalue weighted by molar-refractivity contribution is 6.10. The predicted octanol–water partition coefficient (Wildman–Crippen LogP) is 3.46. The van der Waals surface area contributed by atoms with Crippen molar-refractivity contribution in [2.24, 2.45) is 0 Å². The van der Waals surface area contributed by atoms with E-state index in [9.17, 15) is 24.5 Å². The van der Waals surface area contributed by atoms with E-state index in [1.54, 1.807) is 26.0 Å². The molecule has 0 saturated carbocycles. The molecular formula is C23H20N4O5. The third-order valence-electron chi connectivity index (χ3n) is 5.53. The number of nitrogens with zero attached hydrogens (tertiary/aromatic N) is 2. The second-order valence-electron chi connectivity index (χ2n) is 7.83. The molecule has 1 aliphatic heterocycles. The number of carbonyl (C=O) groups is 3. The number of carbonyl (C=O) groups excluding carboxylic acids is 3. The van der Waals surface area contributed by atoms with E-state index in [1.807, 2.05) is 36.4 Å². The summed E-state index contributed by atoms with van der Waals surface area (Å²) in [5, 5.41) is 18.3. The van der Waals surface area contributed by atoms with E-state index in [2.05, 4.69) is 10.6 Å². The molecule has 1 heterocycles. The Balaban J connectivity index is 1.55. The van der Waals surface area contributed by atoms with Crippen LogP contribution in [0.5, 0.6) is 0 Å². The first-order chi connectivity index (χ1) is 15.2. The van der Waals surface area contributed by atoms with Crippen molar-refractivity contribution in [2.45, 2.75) is 19.4 Å². The van der Waals surface area contributed by atoms with Crippen LogP contribution in [0.15, 0.2) is 60.7 Å². The van der Waals surface area contributed by atoms with Crippen molar-refractivity contribution in [1.82, 2.24) is 10.2 Å². The third kappa shape index (κ3) is 3.64. The molecule has 0 bridgehead atoms. The van der Waals surface area contributed by atoms with Crippen molar-refractivity contribution in [3.8, 4) is 0 Å². The molecule has 3 aromatic rings. The first-order valence-corrected chi connectivity index (χ1v) is 9.87. The van der Waals surface area contributed by atoms with Gasteiger partial charge in [0.25, 0.3) is 11.6 Å². The molecular weight excluding hydrogens is 412 g/mol. The van der Waals surface area contributed by atoms with Gasteiger partial charge in [-0.15, -0.1) is 0 Å². The van der Waals surface area contributed by atoms with Crippen LogP contribution >= 0.6 is 0 Å². The van der Waals surface area contributed by atoms with Crippen LogP contribution in [0.3, 0.4) is 0 Å². The van der Waals surface area contributed by atoms with Gasteiger partial charge in [0, 0.05) is 6.07 Å². The van der Waals surface area contributed by atoms with Crippen LogP contribution < -0.4 is 10.6 Å². The largest absolute Gasteiger partial charge is 0.325 e. The second-order valence-corrected chi connectivity index (χ2v) is 7.83. The fraction of sp³-hybridized carbons (Fsp3) is 0.174. The summed E-state index contributed by atoms with van der Waals surface area (Å²) < 4.78 is 0. The first kappa shape index (κ1) is 21.0. The number of nitro benzene ring substituents is 1. The highest BCUT2D eigenvalue weighted by Crippen LogP contribution is 2.31. The number of imide groups is 1. The van der Waals surface area contributed by atoms with Gasteiger partial charge in [-0.3, -0.25) is 24.6 Å². The van der Waals surface area contributed by atoms with Crippen molar-refractivity contribution < 1.29 is 19.3 Å². The monoisotopic (exact) mass is 432 g/mol. The van der Waals surface area contributed by atoms with Crippen molar-refractivity contribution in [3.05, 3.63) is 81.9 Å². The minimum absolute atomic E-state index is 0.00468. The number of rotatable bonds is 5. The highest BCUT2D eigenvalue weighted by Gasteiger charge is 2.49. The van der Waals surface area contributed by atoms with Gasteiger partial charge in [0.1, 0.15) is 17.8 Å². The van der Waals surface area contributed by atoms with Gasteiger partial charge in [0.05, 0.1) is 4.92 Å². The number of amides is 4. The van der Waals surface area contributed by atoms with Crippen LogP contribution in [0.2, 0.25) is 0 Å². The molecule has 2 N–H and O–H groups in total. The number of benzene rings is 3. The Morgan fingerprint density at radius 2 is 1.81 bits per heavy atom. The summed E-state index contributed by atoms with van der Waals surface area (Å²) in [4.78, 5) is 49.7. The van der Waals surface area contributed by atoms with Crippen molar-refractivity contribution in [3.63, 3.8) is 0 Å². The fourth-order valence-corrected chi connectivity index (χ4v) is 3.77. The lowest BCUT2D eigenvalue weighted by atomic mass is 9.90. The van der Waals surface area contributed by atoms with E-state index < -0.39 is 34.9 Å². The zero-order chi connectivity index (χ0) is 23.0. The van der Waals surface area contributed by atoms with Crippen LogP contribution in [-0.2, 0) is 15.1 Å². The van der Waals surface area contributed by atoms with Crippen LogP contribution in [0.1, 0.15) is 18.1 Å². The lowest BCUT2D eigenvalue weighted by Crippen LogP contribution is -2.42. The average Bonchev–Trinajstić information content (AvgIpc) is 2.98. The standard InChI is InChI=1S/C23H20N4O5/c1-14-7-10-18(19(11-14)27(31)32)24-20(28)13-26-21(29)23(2,25-22(26)30)17-9-8-15-5-3-4-6-16(15)12-17/h3-12H,13H2,1-2H3,(H,24,28)(H,25,30). The Labute approximate surface area is 183 Å². The lowest BCUT2D eigenvalue weighted by molar-refractivity contribution is -0.384. The van der Waals surface area contributed by atoms with Gasteiger partial charge in [-0.05, 0) is 47.9 Å². The minimum Gasteiger partial charge on any atom is -0.319 e. The van der Waals surface area contributed by atoms with E-state index in [4.69, 9.17) is 0 Å². The minimum atomic E-state index is -1.34. The van der Waals surface area contributed by atoms with E-state index in [1.165, 1.54) is 12.1 Å². The molecule has 0 aromatic heterocycles. The van der Waals surface area contributed by atoms with E-state index >= 15 is 0 Å². The van der Waals surface area contributed by atoms with Crippen molar-refractivity contribution >= 4 is 40.0 Å². The van der Waals surface area contributed by atoms with Gasteiger partial charge in [-0.25, -0.2) is 4.79 Å². The van der Waals surface area contributed by atoms with Crippen LogP contribution in [0.25, 0.3) is 10.8 Å². The van der Waals surface area contributed by atoms with Crippen molar-refractivity contribution in [2.75, 3.05) is 11.9 Å². The number of fused-ring (bicyclic) bond motifs is 1. The van der Waals surface area contributed by atoms with Crippen molar-refractivity contribution in [1.29, 1.82) is 0 Å². The summed E-state index contributed by atoms with van der Waals surface area (Å²) >= 11 is 0. The molecule has 32 heavy (non-hydrogen) atoms. The van der Waals surface area contributed by atoms with Crippen LogP contribution in [0, 0.1) is 17.0 Å². The Morgan fingerprint density at radius 3 is 2.53 bits per heavy atom. The predicted molar refractivity (Wildman–Crippen MR) is 118 cm³/mol. The Bertz CT molecular complexity index is 1290. The fourth-order valence-electron chi connectivity index (χ4n) is 3.77. The maximum Gasteiger partial charge on any atom is 0.325 e. The molecule has 4 amide bonds. The molecule has 4 rings (SSSR count). The average molecular weight is 432 g/mol. The van der Waals surface area contributed by atoms with Gasteiger partial charge < -0.3 is 10.6 Å². The van der Waals surface area contributed by atoms with Gasteiger partial charge in [0.15, 0.2) is 0 Å². The van der Waals surface area contributed by atoms with Crippen LogP contribution in [-0.4, -0.2) is 34.2 Å². The summed E-state index contributed by atoms with van der Waals surface area (Å²) in [6, 6.07) is 16.7.